The summed E-state index contributed by atoms with van der Waals surface area (Å²) in [5, 5.41) is 0.105. The summed E-state index contributed by atoms with van der Waals surface area (Å²) in [5.74, 6) is -0.232. The molecule has 2 heterocycles. The zero-order valence-corrected chi connectivity index (χ0v) is 18.8. The van der Waals surface area contributed by atoms with E-state index < -0.39 is 10.0 Å². The fraction of sp³-hybridized carbons (Fsp3) is 0.409. The van der Waals surface area contributed by atoms with Gasteiger partial charge in [-0.2, -0.15) is 4.31 Å². The van der Waals surface area contributed by atoms with Gasteiger partial charge >= 0.3 is 0 Å². The minimum Gasteiger partial charge on any atom is -0.373 e. The molecule has 8 heteroatoms. The van der Waals surface area contributed by atoms with Crippen LogP contribution in [0.2, 0.25) is 5.02 Å². The number of halogens is 1. The molecule has 2 aliphatic heterocycles. The van der Waals surface area contributed by atoms with Gasteiger partial charge in [0.15, 0.2) is 0 Å². The molecule has 0 spiro atoms. The third-order valence-corrected chi connectivity index (χ3v) is 7.92. The van der Waals surface area contributed by atoms with E-state index >= 15 is 0 Å². The maximum atomic E-state index is 13.3. The van der Waals surface area contributed by atoms with Crippen LogP contribution in [0, 0.1) is 0 Å². The second kappa shape index (κ2) is 7.96. The minimum atomic E-state index is -3.86. The van der Waals surface area contributed by atoms with Crippen molar-refractivity contribution in [2.24, 2.45) is 0 Å². The Balaban J connectivity index is 1.69. The predicted molar refractivity (Wildman–Crippen MR) is 117 cm³/mol. The highest BCUT2D eigenvalue weighted by Crippen LogP contribution is 2.34. The Kier molecular flexibility index (Phi) is 5.66. The summed E-state index contributed by atoms with van der Waals surface area (Å²) in [5.41, 5.74) is 2.28. The number of hydrogen-bond acceptors (Lipinski definition) is 4. The summed E-state index contributed by atoms with van der Waals surface area (Å²) in [7, 11) is -3.86. The molecule has 160 valence electrons. The Bertz CT molecular complexity index is 1080. The van der Waals surface area contributed by atoms with Crippen LogP contribution in [0.1, 0.15) is 36.7 Å². The molecule has 0 bridgehead atoms. The topological polar surface area (TPSA) is 66.9 Å². The molecule has 2 aromatic carbocycles. The maximum absolute atomic E-state index is 13.3. The van der Waals surface area contributed by atoms with Crippen LogP contribution in [0.5, 0.6) is 0 Å². The zero-order chi connectivity index (χ0) is 21.6. The summed E-state index contributed by atoms with van der Waals surface area (Å²) in [4.78, 5) is 15.0. The van der Waals surface area contributed by atoms with E-state index in [2.05, 4.69) is 0 Å². The van der Waals surface area contributed by atoms with Gasteiger partial charge in [-0.25, -0.2) is 8.42 Å². The number of rotatable bonds is 3. The van der Waals surface area contributed by atoms with E-state index in [1.807, 2.05) is 45.0 Å². The Morgan fingerprint density at radius 3 is 2.43 bits per heavy atom. The number of morpholine rings is 1. The van der Waals surface area contributed by atoms with Crippen molar-refractivity contribution < 1.29 is 17.9 Å². The predicted octanol–water partition coefficient (Wildman–Crippen LogP) is 3.73. The molecular formula is C22H25ClN2O4S. The molecule has 0 N–H and O–H groups in total. The standard InChI is InChI=1S/C22H25ClN2O4S/c1-14-10-17-6-4-5-7-20(17)25(14)22(26)18-8-9-19(23)21(11-18)30(27,28)24-12-15(2)29-16(3)13-24/h4-9,11,14-16H,10,12-13H2,1-3H3. The van der Waals surface area contributed by atoms with E-state index in [0.717, 1.165) is 17.7 Å². The van der Waals surface area contributed by atoms with E-state index in [4.69, 9.17) is 16.3 Å². The van der Waals surface area contributed by atoms with Gasteiger partial charge in [0.25, 0.3) is 5.91 Å². The molecule has 2 aromatic rings. The van der Waals surface area contributed by atoms with E-state index in [-0.39, 0.29) is 47.2 Å². The van der Waals surface area contributed by atoms with Crippen LogP contribution in [0.25, 0.3) is 0 Å². The second-order valence-corrected chi connectivity index (χ2v) is 10.4. The first-order valence-electron chi connectivity index (χ1n) is 10.0. The maximum Gasteiger partial charge on any atom is 0.258 e. The summed E-state index contributed by atoms with van der Waals surface area (Å²) in [6.07, 6.45) is 0.340. The number of amides is 1. The van der Waals surface area contributed by atoms with Crippen LogP contribution >= 0.6 is 11.6 Å². The number of anilines is 1. The van der Waals surface area contributed by atoms with E-state index in [1.54, 1.807) is 11.0 Å². The normalized spacial score (nSPS) is 24.7. The first kappa shape index (κ1) is 21.3. The van der Waals surface area contributed by atoms with Crippen LogP contribution in [0.4, 0.5) is 5.69 Å². The van der Waals surface area contributed by atoms with Crippen molar-refractivity contribution in [1.29, 1.82) is 0 Å². The summed E-state index contributed by atoms with van der Waals surface area (Å²) in [6.45, 7) is 6.16. The van der Waals surface area contributed by atoms with Gasteiger partial charge in [0.1, 0.15) is 4.90 Å². The third kappa shape index (κ3) is 3.75. The average molecular weight is 449 g/mol. The Hall–Kier alpha value is -1.93. The number of sulfonamides is 1. The summed E-state index contributed by atoms with van der Waals surface area (Å²) < 4.78 is 33.7. The van der Waals surface area contributed by atoms with Crippen molar-refractivity contribution in [3.05, 3.63) is 58.6 Å². The summed E-state index contributed by atoms with van der Waals surface area (Å²) in [6, 6.07) is 12.2. The quantitative estimate of drug-likeness (QED) is 0.717. The molecule has 30 heavy (non-hydrogen) atoms. The van der Waals surface area contributed by atoms with Crippen molar-refractivity contribution in [3.8, 4) is 0 Å². The van der Waals surface area contributed by atoms with Crippen LogP contribution in [0.15, 0.2) is 47.4 Å². The largest absolute Gasteiger partial charge is 0.373 e. The van der Waals surface area contributed by atoms with Crippen LogP contribution < -0.4 is 4.90 Å². The number of nitrogens with zero attached hydrogens (tertiary/aromatic N) is 2. The third-order valence-electron chi connectivity index (χ3n) is 5.61. The van der Waals surface area contributed by atoms with Crippen LogP contribution in [-0.4, -0.2) is 50.0 Å². The Labute approximate surface area is 182 Å². The molecule has 4 rings (SSSR count). The number of benzene rings is 2. The highest BCUT2D eigenvalue weighted by atomic mass is 35.5. The lowest BCUT2D eigenvalue weighted by atomic mass is 10.1. The van der Waals surface area contributed by atoms with Gasteiger partial charge in [-0.15, -0.1) is 0 Å². The van der Waals surface area contributed by atoms with Gasteiger partial charge in [-0.05, 0) is 57.0 Å². The number of para-hydroxylation sites is 1. The number of fused-ring (bicyclic) bond motifs is 1. The monoisotopic (exact) mass is 448 g/mol. The average Bonchev–Trinajstić information content (AvgIpc) is 3.02. The summed E-state index contributed by atoms with van der Waals surface area (Å²) >= 11 is 6.28. The van der Waals surface area contributed by atoms with Gasteiger partial charge in [-0.1, -0.05) is 29.8 Å². The first-order valence-corrected chi connectivity index (χ1v) is 11.9. The molecule has 0 aliphatic carbocycles. The molecule has 0 saturated carbocycles. The fourth-order valence-corrected chi connectivity index (χ4v) is 6.41. The first-order chi connectivity index (χ1) is 14.2. The van der Waals surface area contributed by atoms with Gasteiger partial charge < -0.3 is 9.64 Å². The van der Waals surface area contributed by atoms with E-state index in [1.165, 1.54) is 16.4 Å². The van der Waals surface area contributed by atoms with Crippen molar-refractivity contribution in [3.63, 3.8) is 0 Å². The lowest BCUT2D eigenvalue weighted by Crippen LogP contribution is -2.48. The molecule has 3 atom stereocenters. The SMILES string of the molecule is CC1CN(S(=O)(=O)c2cc(C(=O)N3c4ccccc4CC3C)ccc2Cl)CC(C)O1. The lowest BCUT2D eigenvalue weighted by Gasteiger charge is -2.34. The Morgan fingerprint density at radius 1 is 1.07 bits per heavy atom. The molecule has 1 saturated heterocycles. The second-order valence-electron chi connectivity index (χ2n) is 8.08. The smallest absolute Gasteiger partial charge is 0.258 e. The molecule has 1 fully saturated rings. The van der Waals surface area contributed by atoms with Gasteiger partial charge in [-0.3, -0.25) is 4.79 Å². The van der Waals surface area contributed by atoms with Crippen molar-refractivity contribution >= 4 is 33.2 Å². The minimum absolute atomic E-state index is 0.00780. The zero-order valence-electron chi connectivity index (χ0n) is 17.2. The van der Waals surface area contributed by atoms with Gasteiger partial charge in [0.2, 0.25) is 10.0 Å². The van der Waals surface area contributed by atoms with Crippen molar-refractivity contribution in [2.45, 2.75) is 50.3 Å². The van der Waals surface area contributed by atoms with Crippen molar-refractivity contribution in [1.82, 2.24) is 4.31 Å². The Morgan fingerprint density at radius 2 is 1.73 bits per heavy atom. The fourth-order valence-electron chi connectivity index (χ4n) is 4.31. The van der Waals surface area contributed by atoms with E-state index in [0.29, 0.717) is 5.56 Å². The number of ether oxygens (including phenoxy) is 1. The molecule has 3 unspecified atom stereocenters. The molecule has 0 aromatic heterocycles. The number of carbonyl (C=O) groups excluding carboxylic acids is 1. The van der Waals surface area contributed by atoms with Gasteiger partial charge in [0, 0.05) is 30.4 Å². The molecular weight excluding hydrogens is 424 g/mol. The highest BCUT2D eigenvalue weighted by molar-refractivity contribution is 7.89. The van der Waals surface area contributed by atoms with E-state index in [9.17, 15) is 13.2 Å². The number of hydrogen-bond donors (Lipinski definition) is 0. The lowest BCUT2D eigenvalue weighted by molar-refractivity contribution is -0.0440. The van der Waals surface area contributed by atoms with Crippen LogP contribution in [0.3, 0.4) is 0 Å². The van der Waals surface area contributed by atoms with Gasteiger partial charge in [0.05, 0.1) is 17.2 Å². The number of carbonyl (C=O) groups is 1. The molecule has 0 radical (unpaired) electrons. The molecule has 6 nitrogen and oxygen atoms in total. The molecule has 2 aliphatic rings. The van der Waals surface area contributed by atoms with Crippen molar-refractivity contribution in [2.75, 3.05) is 18.0 Å². The van der Waals surface area contributed by atoms with Crippen LogP contribution in [-0.2, 0) is 21.2 Å². The highest BCUT2D eigenvalue weighted by Gasteiger charge is 2.35. The molecule has 1 amide bonds.